The third kappa shape index (κ3) is 2.62. The summed E-state index contributed by atoms with van der Waals surface area (Å²) in [6.07, 6.45) is 0. The van der Waals surface area contributed by atoms with Gasteiger partial charge in [0.25, 0.3) is 0 Å². The number of quaternary nitrogens is 1. The lowest BCUT2D eigenvalue weighted by atomic mass is 10.0. The van der Waals surface area contributed by atoms with E-state index in [9.17, 15) is 0 Å². The second-order valence-corrected chi connectivity index (χ2v) is 6.03. The highest BCUT2D eigenvalue weighted by molar-refractivity contribution is 8.02. The minimum absolute atomic E-state index is 0.598. The molecule has 3 aromatic rings. The van der Waals surface area contributed by atoms with Crippen LogP contribution in [-0.4, -0.2) is 14.9 Å². The Bertz CT molecular complexity index is 852. The quantitative estimate of drug-likeness (QED) is 0.776. The van der Waals surface area contributed by atoms with Gasteiger partial charge in [-0.3, -0.25) is 5.43 Å². The van der Waals surface area contributed by atoms with E-state index in [0.717, 1.165) is 22.2 Å². The van der Waals surface area contributed by atoms with Crippen LogP contribution >= 0.6 is 11.8 Å². The second kappa shape index (κ2) is 5.91. The molecule has 0 spiro atoms. The number of nitrogens with zero attached hydrogens (tertiary/aromatic N) is 3. The van der Waals surface area contributed by atoms with Crippen LogP contribution in [0.15, 0.2) is 65.2 Å². The minimum Gasteiger partial charge on any atom is -0.351 e. The zero-order valence-electron chi connectivity index (χ0n) is 12.4. The molecule has 4 rings (SSSR count). The zero-order chi connectivity index (χ0) is 15.6. The van der Waals surface area contributed by atoms with Gasteiger partial charge in [-0.25, -0.2) is 4.68 Å². The molecule has 2 heterocycles. The van der Waals surface area contributed by atoms with E-state index in [4.69, 9.17) is 0 Å². The molecule has 1 aromatic heterocycles. The van der Waals surface area contributed by atoms with Crippen LogP contribution in [0.3, 0.4) is 0 Å². The van der Waals surface area contributed by atoms with Gasteiger partial charge in [0.15, 0.2) is 0 Å². The molecule has 4 N–H and O–H groups in total. The summed E-state index contributed by atoms with van der Waals surface area (Å²) < 4.78 is 1.90. The standard InChI is InChI=1S/C17H15N5S/c18-10-16-19-20-17-22(16)21-15(11-23-17)14-8-6-13(7-9-14)12-4-2-1-3-5-12/h1-9,11,21H,10,18H2/p+1. The summed E-state index contributed by atoms with van der Waals surface area (Å²) in [5, 5.41) is 11.2. The van der Waals surface area contributed by atoms with Crippen molar-refractivity contribution >= 4 is 17.5 Å². The molecule has 0 fully saturated rings. The predicted octanol–water partition coefficient (Wildman–Crippen LogP) is 2.33. The monoisotopic (exact) mass is 322 g/mol. The van der Waals surface area contributed by atoms with Gasteiger partial charge in [0.1, 0.15) is 6.54 Å². The highest BCUT2D eigenvalue weighted by Crippen LogP contribution is 2.29. The molecule has 2 aromatic carbocycles. The number of thioether (sulfide) groups is 1. The summed E-state index contributed by atoms with van der Waals surface area (Å²) in [6.45, 7) is 0.598. The van der Waals surface area contributed by atoms with E-state index in [0.29, 0.717) is 6.54 Å². The van der Waals surface area contributed by atoms with Crippen molar-refractivity contribution in [1.82, 2.24) is 14.9 Å². The summed E-state index contributed by atoms with van der Waals surface area (Å²) in [5.74, 6) is 0.832. The number of fused-ring (bicyclic) bond motifs is 1. The molecule has 0 saturated carbocycles. The van der Waals surface area contributed by atoms with E-state index in [1.165, 1.54) is 11.1 Å². The summed E-state index contributed by atoms with van der Waals surface area (Å²) in [7, 11) is 0. The molecule has 0 saturated heterocycles. The normalized spacial score (nSPS) is 13.2. The molecular weight excluding hydrogens is 306 g/mol. The Balaban J connectivity index is 1.61. The molecule has 6 heteroatoms. The maximum Gasteiger partial charge on any atom is 0.214 e. The van der Waals surface area contributed by atoms with E-state index in [2.05, 4.69) is 75.3 Å². The Labute approximate surface area is 138 Å². The maximum atomic E-state index is 4.14. The summed E-state index contributed by atoms with van der Waals surface area (Å²) in [4.78, 5) is 0. The van der Waals surface area contributed by atoms with E-state index in [1.807, 2.05) is 10.7 Å². The van der Waals surface area contributed by atoms with Gasteiger partial charge in [-0.15, -0.1) is 10.2 Å². The maximum absolute atomic E-state index is 4.14. The first-order valence-electron chi connectivity index (χ1n) is 7.38. The summed E-state index contributed by atoms with van der Waals surface area (Å²) in [5.41, 5.74) is 11.9. The van der Waals surface area contributed by atoms with Gasteiger partial charge in [-0.1, -0.05) is 66.4 Å². The first-order chi connectivity index (χ1) is 11.3. The molecule has 0 atom stereocenters. The topological polar surface area (TPSA) is 70.4 Å². The van der Waals surface area contributed by atoms with Crippen LogP contribution in [0.4, 0.5) is 0 Å². The fourth-order valence-electron chi connectivity index (χ4n) is 2.51. The van der Waals surface area contributed by atoms with Crippen LogP contribution in [0.5, 0.6) is 0 Å². The number of benzene rings is 2. The molecule has 0 aliphatic carbocycles. The van der Waals surface area contributed by atoms with Crippen molar-refractivity contribution in [1.29, 1.82) is 0 Å². The van der Waals surface area contributed by atoms with Crippen molar-refractivity contribution < 1.29 is 5.73 Å². The fourth-order valence-corrected chi connectivity index (χ4v) is 3.27. The third-order valence-electron chi connectivity index (χ3n) is 3.74. The Kier molecular flexibility index (Phi) is 3.61. The minimum atomic E-state index is 0.598. The van der Waals surface area contributed by atoms with E-state index in [1.54, 1.807) is 11.8 Å². The average molecular weight is 322 g/mol. The van der Waals surface area contributed by atoms with Crippen LogP contribution in [0, 0.1) is 0 Å². The molecule has 0 bridgehead atoms. The first-order valence-corrected chi connectivity index (χ1v) is 8.26. The molecule has 23 heavy (non-hydrogen) atoms. The van der Waals surface area contributed by atoms with Crippen molar-refractivity contribution in [2.45, 2.75) is 11.7 Å². The van der Waals surface area contributed by atoms with Crippen molar-refractivity contribution in [2.24, 2.45) is 0 Å². The van der Waals surface area contributed by atoms with Gasteiger partial charge < -0.3 is 5.73 Å². The van der Waals surface area contributed by atoms with E-state index < -0.39 is 0 Å². The van der Waals surface area contributed by atoms with Crippen molar-refractivity contribution in [3.05, 3.63) is 71.4 Å². The lowest BCUT2D eigenvalue weighted by Crippen LogP contribution is -2.49. The van der Waals surface area contributed by atoms with Gasteiger partial charge in [0.05, 0.1) is 5.70 Å². The number of aromatic nitrogens is 3. The molecule has 0 radical (unpaired) electrons. The SMILES string of the molecule is [NH3+]Cc1nnc2n1NC(c1ccc(-c3ccccc3)cc1)=CS2. The smallest absolute Gasteiger partial charge is 0.214 e. The molecule has 1 aliphatic heterocycles. The van der Waals surface area contributed by atoms with E-state index >= 15 is 0 Å². The Morgan fingerprint density at radius 1 is 0.913 bits per heavy atom. The molecule has 0 amide bonds. The second-order valence-electron chi connectivity index (χ2n) is 5.19. The Morgan fingerprint density at radius 2 is 1.61 bits per heavy atom. The van der Waals surface area contributed by atoms with E-state index in [-0.39, 0.29) is 0 Å². The average Bonchev–Trinajstić information content (AvgIpc) is 3.05. The van der Waals surface area contributed by atoms with Crippen LogP contribution < -0.4 is 11.2 Å². The molecule has 1 aliphatic rings. The fraction of sp³-hybridized carbons (Fsp3) is 0.0588. The number of nitrogens with one attached hydrogen (secondary N) is 1. The van der Waals surface area contributed by atoms with Crippen LogP contribution in [0.1, 0.15) is 11.4 Å². The predicted molar refractivity (Wildman–Crippen MR) is 91.7 cm³/mol. The van der Waals surface area contributed by atoms with Crippen LogP contribution in [0.2, 0.25) is 0 Å². The van der Waals surface area contributed by atoms with Gasteiger partial charge in [0, 0.05) is 5.41 Å². The number of hydrogen-bond donors (Lipinski definition) is 2. The van der Waals surface area contributed by atoms with Gasteiger partial charge >= 0.3 is 0 Å². The molecular formula is C17H16N5S+. The largest absolute Gasteiger partial charge is 0.351 e. The summed E-state index contributed by atoms with van der Waals surface area (Å²) in [6, 6.07) is 18.9. The van der Waals surface area contributed by atoms with Gasteiger partial charge in [-0.2, -0.15) is 0 Å². The molecule has 0 unspecified atom stereocenters. The van der Waals surface area contributed by atoms with Crippen molar-refractivity contribution in [3.8, 4) is 11.1 Å². The van der Waals surface area contributed by atoms with Gasteiger partial charge in [-0.05, 0) is 16.7 Å². The highest BCUT2D eigenvalue weighted by atomic mass is 32.2. The van der Waals surface area contributed by atoms with Crippen molar-refractivity contribution in [2.75, 3.05) is 5.43 Å². The summed E-state index contributed by atoms with van der Waals surface area (Å²) >= 11 is 1.57. The number of hydrogen-bond acceptors (Lipinski definition) is 4. The molecule has 5 nitrogen and oxygen atoms in total. The van der Waals surface area contributed by atoms with Crippen LogP contribution in [-0.2, 0) is 6.54 Å². The lowest BCUT2D eigenvalue weighted by Gasteiger charge is -2.18. The van der Waals surface area contributed by atoms with Crippen LogP contribution in [0.25, 0.3) is 16.8 Å². The number of rotatable bonds is 3. The first kappa shape index (κ1) is 14.0. The Morgan fingerprint density at radius 3 is 2.35 bits per heavy atom. The van der Waals surface area contributed by atoms with Crippen molar-refractivity contribution in [3.63, 3.8) is 0 Å². The third-order valence-corrected chi connectivity index (χ3v) is 4.57. The lowest BCUT2D eigenvalue weighted by molar-refractivity contribution is -0.388. The van der Waals surface area contributed by atoms with Gasteiger partial charge in [0.2, 0.25) is 11.0 Å². The highest BCUT2D eigenvalue weighted by Gasteiger charge is 2.18. The zero-order valence-corrected chi connectivity index (χ0v) is 13.3. The molecule has 114 valence electrons. The Hall–Kier alpha value is -2.57.